The van der Waals surface area contributed by atoms with Crippen molar-refractivity contribution in [3.8, 4) is 5.75 Å². The Morgan fingerprint density at radius 2 is 2.10 bits per heavy atom. The van der Waals surface area contributed by atoms with Crippen molar-refractivity contribution in [1.82, 2.24) is 15.3 Å². The van der Waals surface area contributed by atoms with Crippen molar-refractivity contribution in [3.05, 3.63) is 70.6 Å². The number of Topliss-reactive ketones (excluding diaryl/α,β-unsaturated/α-hetero) is 1. The van der Waals surface area contributed by atoms with Crippen LogP contribution in [0.1, 0.15) is 43.5 Å². The molecule has 0 bridgehead atoms. The van der Waals surface area contributed by atoms with Gasteiger partial charge in [-0.1, -0.05) is 18.2 Å². The number of methoxy groups -OCH3 is 1. The summed E-state index contributed by atoms with van der Waals surface area (Å²) < 4.78 is 10.8. The molecule has 150 valence electrons. The zero-order valence-corrected chi connectivity index (χ0v) is 16.5. The number of aromatic nitrogens is 2. The Morgan fingerprint density at radius 3 is 2.86 bits per heavy atom. The minimum absolute atomic E-state index is 0.0464. The van der Waals surface area contributed by atoms with Gasteiger partial charge < -0.3 is 19.8 Å². The Kier molecular flexibility index (Phi) is 5.20. The van der Waals surface area contributed by atoms with Gasteiger partial charge in [-0.25, -0.2) is 9.78 Å². The molecule has 1 aromatic heterocycles. The summed E-state index contributed by atoms with van der Waals surface area (Å²) in [7, 11) is 1.64. The number of ketones is 1. The first kappa shape index (κ1) is 19.0. The highest BCUT2D eigenvalue weighted by atomic mass is 16.5. The minimum atomic E-state index is -0.433. The third-order valence-corrected chi connectivity index (χ3v) is 5.45. The quantitative estimate of drug-likeness (QED) is 0.758. The molecule has 2 N–H and O–H groups in total. The average Bonchev–Trinajstić information content (AvgIpc) is 3.25. The van der Waals surface area contributed by atoms with Gasteiger partial charge in [0.2, 0.25) is 0 Å². The number of ether oxygens (including phenoxy) is 2. The second-order valence-corrected chi connectivity index (χ2v) is 7.24. The van der Waals surface area contributed by atoms with Gasteiger partial charge in [-0.05, 0) is 25.0 Å². The summed E-state index contributed by atoms with van der Waals surface area (Å²) in [4.78, 5) is 32.4. The second-order valence-electron chi connectivity index (χ2n) is 7.24. The molecule has 0 amide bonds. The molecule has 0 radical (unpaired) electrons. The molecular formula is C22H23N3O4. The van der Waals surface area contributed by atoms with Crippen LogP contribution in [0.3, 0.4) is 0 Å². The first-order valence-corrected chi connectivity index (χ1v) is 9.57. The fraction of sp³-hybridized carbons (Fsp3) is 0.318. The third kappa shape index (κ3) is 3.81. The molecule has 0 saturated heterocycles. The molecule has 2 aliphatic rings. The summed E-state index contributed by atoms with van der Waals surface area (Å²) in [6.45, 7) is 1.91. The summed E-state index contributed by atoms with van der Waals surface area (Å²) in [6, 6.07) is 7.80. The monoisotopic (exact) mass is 393 g/mol. The van der Waals surface area contributed by atoms with Gasteiger partial charge in [0.1, 0.15) is 18.2 Å². The summed E-state index contributed by atoms with van der Waals surface area (Å²) in [5, 5.41) is 3.28. The van der Waals surface area contributed by atoms with Crippen LogP contribution < -0.4 is 10.1 Å². The van der Waals surface area contributed by atoms with Gasteiger partial charge in [-0.3, -0.25) is 4.79 Å². The first-order chi connectivity index (χ1) is 14.1. The Balaban J connectivity index is 1.50. The Morgan fingerprint density at radius 1 is 1.28 bits per heavy atom. The standard InChI is InChI=1S/C22H23N3O4/c1-13-16(22(27)29-12-21-23-7-8-24-21)11-17-18(25-13)9-14(10-19(17)26)15-5-3-4-6-20(15)28-2/h3-8,14,25H,9-12H2,1-2H3,(H,23,24)/t14-/m1/s1. The SMILES string of the molecule is COc1ccccc1[C@H]1CC(=O)C2=C(C1)NC(C)=C(C(=O)OCc1ncc[nH]1)C2. The highest BCUT2D eigenvalue weighted by Crippen LogP contribution is 2.41. The highest BCUT2D eigenvalue weighted by molar-refractivity contribution is 6.01. The number of aromatic amines is 1. The van der Waals surface area contributed by atoms with E-state index in [4.69, 9.17) is 9.47 Å². The van der Waals surface area contributed by atoms with Gasteiger partial charge in [0.25, 0.3) is 0 Å². The average molecular weight is 393 g/mol. The molecule has 1 aliphatic heterocycles. The van der Waals surface area contributed by atoms with E-state index in [1.807, 2.05) is 31.2 Å². The number of esters is 1. The molecule has 7 nitrogen and oxygen atoms in total. The Labute approximate surface area is 168 Å². The lowest BCUT2D eigenvalue weighted by molar-refractivity contribution is -0.140. The molecule has 0 unspecified atom stereocenters. The lowest BCUT2D eigenvalue weighted by atomic mass is 9.78. The lowest BCUT2D eigenvalue weighted by Gasteiger charge is -2.32. The minimum Gasteiger partial charge on any atom is -0.496 e. The number of hydrogen-bond donors (Lipinski definition) is 2. The molecule has 4 rings (SSSR count). The summed E-state index contributed by atoms with van der Waals surface area (Å²) >= 11 is 0. The van der Waals surface area contributed by atoms with Crippen molar-refractivity contribution >= 4 is 11.8 Å². The maximum absolute atomic E-state index is 12.9. The number of imidazole rings is 1. The van der Waals surface area contributed by atoms with Crippen molar-refractivity contribution in [2.24, 2.45) is 0 Å². The van der Waals surface area contributed by atoms with Gasteiger partial charge in [0.05, 0.1) is 12.7 Å². The van der Waals surface area contributed by atoms with Crippen LogP contribution in [-0.2, 0) is 20.9 Å². The summed E-state index contributed by atoms with van der Waals surface area (Å²) in [6.07, 6.45) is 4.67. The van der Waals surface area contributed by atoms with E-state index in [0.29, 0.717) is 36.2 Å². The van der Waals surface area contributed by atoms with E-state index in [9.17, 15) is 9.59 Å². The number of para-hydroxylation sites is 1. The zero-order chi connectivity index (χ0) is 20.4. The lowest BCUT2D eigenvalue weighted by Crippen LogP contribution is -2.31. The van der Waals surface area contributed by atoms with E-state index >= 15 is 0 Å². The van der Waals surface area contributed by atoms with E-state index in [1.165, 1.54) is 0 Å². The van der Waals surface area contributed by atoms with Crippen LogP contribution in [0.5, 0.6) is 5.75 Å². The number of carbonyl (C=O) groups is 2. The van der Waals surface area contributed by atoms with Gasteiger partial charge in [-0.15, -0.1) is 0 Å². The number of rotatable bonds is 5. The molecule has 1 aliphatic carbocycles. The predicted octanol–water partition coefficient (Wildman–Crippen LogP) is 3.13. The van der Waals surface area contributed by atoms with Gasteiger partial charge in [0.15, 0.2) is 5.78 Å². The topological polar surface area (TPSA) is 93.3 Å². The number of benzene rings is 1. The molecule has 1 atom stereocenters. The number of dihydropyridines is 1. The predicted molar refractivity (Wildman–Crippen MR) is 106 cm³/mol. The number of allylic oxidation sites excluding steroid dienone is 3. The largest absolute Gasteiger partial charge is 0.496 e. The number of H-pyrrole nitrogens is 1. The van der Waals surface area contributed by atoms with E-state index in [2.05, 4.69) is 15.3 Å². The molecule has 0 fully saturated rings. The number of carbonyl (C=O) groups excluding carboxylic acids is 2. The van der Waals surface area contributed by atoms with Crippen LogP contribution in [0.4, 0.5) is 0 Å². The molecule has 7 heteroatoms. The van der Waals surface area contributed by atoms with Crippen molar-refractivity contribution < 1.29 is 19.1 Å². The molecule has 1 aromatic carbocycles. The summed E-state index contributed by atoms with van der Waals surface area (Å²) in [5.74, 6) is 1.04. The smallest absolute Gasteiger partial charge is 0.336 e. The first-order valence-electron chi connectivity index (χ1n) is 9.57. The van der Waals surface area contributed by atoms with Crippen LogP contribution in [0, 0.1) is 0 Å². The van der Waals surface area contributed by atoms with E-state index in [1.54, 1.807) is 19.5 Å². The molecule has 29 heavy (non-hydrogen) atoms. The van der Waals surface area contributed by atoms with Crippen LogP contribution in [0.25, 0.3) is 0 Å². The van der Waals surface area contributed by atoms with Crippen molar-refractivity contribution in [1.29, 1.82) is 0 Å². The maximum atomic E-state index is 12.9. The number of hydrogen-bond acceptors (Lipinski definition) is 6. The molecule has 2 aromatic rings. The van der Waals surface area contributed by atoms with E-state index in [-0.39, 0.29) is 18.3 Å². The molecule has 0 saturated carbocycles. The van der Waals surface area contributed by atoms with Crippen molar-refractivity contribution in [3.63, 3.8) is 0 Å². The molecule has 2 heterocycles. The zero-order valence-electron chi connectivity index (χ0n) is 16.5. The van der Waals surface area contributed by atoms with E-state index in [0.717, 1.165) is 22.7 Å². The van der Waals surface area contributed by atoms with Crippen LogP contribution in [-0.4, -0.2) is 28.8 Å². The van der Waals surface area contributed by atoms with Crippen molar-refractivity contribution in [2.75, 3.05) is 7.11 Å². The molecular weight excluding hydrogens is 370 g/mol. The molecule has 0 spiro atoms. The van der Waals surface area contributed by atoms with Gasteiger partial charge in [-0.2, -0.15) is 0 Å². The maximum Gasteiger partial charge on any atom is 0.336 e. The fourth-order valence-corrected chi connectivity index (χ4v) is 3.95. The van der Waals surface area contributed by atoms with Crippen LogP contribution in [0.2, 0.25) is 0 Å². The normalized spacial score (nSPS) is 19.0. The Hall–Kier alpha value is -3.35. The Bertz CT molecular complexity index is 1000. The summed E-state index contributed by atoms with van der Waals surface area (Å²) in [5.41, 5.74) is 3.80. The number of nitrogens with one attached hydrogen (secondary N) is 2. The highest BCUT2D eigenvalue weighted by Gasteiger charge is 2.34. The van der Waals surface area contributed by atoms with Gasteiger partial charge >= 0.3 is 5.97 Å². The van der Waals surface area contributed by atoms with Crippen LogP contribution in [0.15, 0.2) is 59.2 Å². The van der Waals surface area contributed by atoms with Crippen LogP contribution >= 0.6 is 0 Å². The number of nitrogens with zero attached hydrogens (tertiary/aromatic N) is 1. The second kappa shape index (κ2) is 7.95. The van der Waals surface area contributed by atoms with E-state index < -0.39 is 5.97 Å². The van der Waals surface area contributed by atoms with Gasteiger partial charge in [0, 0.05) is 48.1 Å². The van der Waals surface area contributed by atoms with Crippen molar-refractivity contribution in [2.45, 2.75) is 38.7 Å². The third-order valence-electron chi connectivity index (χ3n) is 5.45. The fourth-order valence-electron chi connectivity index (χ4n) is 3.95.